The van der Waals surface area contributed by atoms with Gasteiger partial charge >= 0.3 is 0 Å². The van der Waals surface area contributed by atoms with Crippen LogP contribution in [0.15, 0.2) is 66.7 Å². The largest absolute Gasteiger partial charge is 0.293 e. The molecule has 0 amide bonds. The van der Waals surface area contributed by atoms with Crippen molar-refractivity contribution in [2.24, 2.45) is 0 Å². The molecule has 0 bridgehead atoms. The summed E-state index contributed by atoms with van der Waals surface area (Å²) in [5.74, 6) is 0. The van der Waals surface area contributed by atoms with E-state index in [1.54, 1.807) is 0 Å². The van der Waals surface area contributed by atoms with E-state index in [-0.39, 0.29) is 0 Å². The number of hydrogen-bond donors (Lipinski definition) is 0. The maximum atomic E-state index is 2.58. The van der Waals surface area contributed by atoms with E-state index >= 15 is 0 Å². The van der Waals surface area contributed by atoms with Crippen LogP contribution < -0.4 is 0 Å². The molecule has 1 heteroatoms. The van der Waals surface area contributed by atoms with Crippen molar-refractivity contribution in [3.63, 3.8) is 0 Å². The molecular weight excluding hydrogens is 266 g/mol. The van der Waals surface area contributed by atoms with E-state index in [9.17, 15) is 0 Å². The molecule has 22 heavy (non-hydrogen) atoms. The summed E-state index contributed by atoms with van der Waals surface area (Å²) in [6.07, 6.45) is 6.96. The van der Waals surface area contributed by atoms with Crippen LogP contribution in [0.25, 0.3) is 6.08 Å². The Morgan fingerprint density at radius 2 is 1.36 bits per heavy atom. The predicted molar refractivity (Wildman–Crippen MR) is 96.8 cm³/mol. The van der Waals surface area contributed by atoms with Crippen LogP contribution in [0.4, 0.5) is 0 Å². The Kier molecular flexibility index (Phi) is 6.92. The van der Waals surface area contributed by atoms with E-state index in [2.05, 4.69) is 91.6 Å². The molecule has 0 radical (unpaired) electrons. The first-order valence-corrected chi connectivity index (χ1v) is 8.37. The normalized spacial score (nSPS) is 12.9. The average molecular weight is 293 g/mol. The van der Waals surface area contributed by atoms with E-state index < -0.39 is 0 Å². The van der Waals surface area contributed by atoms with Gasteiger partial charge < -0.3 is 0 Å². The highest BCUT2D eigenvalue weighted by molar-refractivity contribution is 5.50. The molecule has 0 fully saturated rings. The summed E-state index contributed by atoms with van der Waals surface area (Å²) >= 11 is 0. The van der Waals surface area contributed by atoms with E-state index in [0.29, 0.717) is 6.04 Å². The Balaban J connectivity index is 2.26. The Hall–Kier alpha value is -1.86. The number of rotatable bonds is 8. The summed E-state index contributed by atoms with van der Waals surface area (Å²) in [6, 6.07) is 21.7. The van der Waals surface area contributed by atoms with Crippen LogP contribution in [0, 0.1) is 0 Å². The molecule has 0 N–H and O–H groups in total. The van der Waals surface area contributed by atoms with Crippen LogP contribution in [0.5, 0.6) is 0 Å². The minimum Gasteiger partial charge on any atom is -0.293 e. The zero-order valence-corrected chi connectivity index (χ0v) is 13.8. The maximum absolute atomic E-state index is 2.58. The third kappa shape index (κ3) is 4.85. The van der Waals surface area contributed by atoms with Crippen molar-refractivity contribution >= 4 is 6.08 Å². The monoisotopic (exact) mass is 293 g/mol. The van der Waals surface area contributed by atoms with Crippen LogP contribution in [0.3, 0.4) is 0 Å². The molecule has 0 aliphatic rings. The van der Waals surface area contributed by atoms with Crippen molar-refractivity contribution in [2.75, 3.05) is 13.1 Å². The molecule has 0 spiro atoms. The fraction of sp³-hybridized carbons (Fsp3) is 0.333. The molecule has 0 aliphatic heterocycles. The predicted octanol–water partition coefficient (Wildman–Crippen LogP) is 5.56. The topological polar surface area (TPSA) is 3.24 Å². The van der Waals surface area contributed by atoms with Crippen molar-refractivity contribution in [2.45, 2.75) is 32.7 Å². The number of nitrogens with zero attached hydrogens (tertiary/aromatic N) is 1. The minimum absolute atomic E-state index is 0.348. The van der Waals surface area contributed by atoms with Crippen molar-refractivity contribution in [1.29, 1.82) is 0 Å². The van der Waals surface area contributed by atoms with Crippen LogP contribution >= 0.6 is 0 Å². The van der Waals surface area contributed by atoms with E-state index in [4.69, 9.17) is 0 Å². The van der Waals surface area contributed by atoms with Crippen LogP contribution in [-0.4, -0.2) is 18.0 Å². The van der Waals surface area contributed by atoms with Crippen molar-refractivity contribution in [3.8, 4) is 0 Å². The van der Waals surface area contributed by atoms with Crippen LogP contribution in [0.1, 0.15) is 43.9 Å². The van der Waals surface area contributed by atoms with Gasteiger partial charge in [-0.2, -0.15) is 0 Å². The highest BCUT2D eigenvalue weighted by atomic mass is 15.1. The Bertz CT molecular complexity index is 539. The summed E-state index contributed by atoms with van der Waals surface area (Å²) in [5, 5.41) is 0. The molecule has 116 valence electrons. The van der Waals surface area contributed by atoms with Gasteiger partial charge in [0, 0.05) is 0 Å². The van der Waals surface area contributed by atoms with Gasteiger partial charge in [0.25, 0.3) is 0 Å². The quantitative estimate of drug-likeness (QED) is 0.615. The van der Waals surface area contributed by atoms with Gasteiger partial charge in [-0.1, -0.05) is 86.7 Å². The fourth-order valence-corrected chi connectivity index (χ4v) is 2.82. The van der Waals surface area contributed by atoms with Gasteiger partial charge in [0.1, 0.15) is 0 Å². The third-order valence-corrected chi connectivity index (χ3v) is 3.83. The molecule has 0 unspecified atom stereocenters. The highest BCUT2D eigenvalue weighted by Gasteiger charge is 2.16. The van der Waals surface area contributed by atoms with Gasteiger partial charge in [0.2, 0.25) is 0 Å². The van der Waals surface area contributed by atoms with Gasteiger partial charge in [-0.05, 0) is 37.1 Å². The van der Waals surface area contributed by atoms with E-state index in [1.807, 2.05) is 0 Å². The first kappa shape index (κ1) is 16.5. The molecule has 2 aromatic carbocycles. The zero-order valence-electron chi connectivity index (χ0n) is 13.8. The fourth-order valence-electron chi connectivity index (χ4n) is 2.82. The molecule has 0 saturated heterocycles. The van der Waals surface area contributed by atoms with Crippen LogP contribution in [0.2, 0.25) is 0 Å². The molecular formula is C21H27N. The van der Waals surface area contributed by atoms with Crippen molar-refractivity contribution < 1.29 is 0 Å². The lowest BCUT2D eigenvalue weighted by atomic mass is 10.0. The molecule has 0 heterocycles. The molecule has 0 aromatic heterocycles. The summed E-state index contributed by atoms with van der Waals surface area (Å²) in [6.45, 7) is 6.77. The van der Waals surface area contributed by atoms with Gasteiger partial charge in [-0.25, -0.2) is 0 Å². The van der Waals surface area contributed by atoms with Gasteiger partial charge in [-0.15, -0.1) is 0 Å². The lowest BCUT2D eigenvalue weighted by Gasteiger charge is -2.29. The summed E-state index contributed by atoms with van der Waals surface area (Å²) < 4.78 is 0. The minimum atomic E-state index is 0.348. The zero-order chi connectivity index (χ0) is 15.6. The molecule has 0 saturated carbocycles. The van der Waals surface area contributed by atoms with Gasteiger partial charge in [0.15, 0.2) is 0 Å². The number of hydrogen-bond acceptors (Lipinski definition) is 1. The Labute approximate surface area is 135 Å². The molecule has 0 aliphatic carbocycles. The maximum Gasteiger partial charge on any atom is 0.0534 e. The lowest BCUT2D eigenvalue weighted by Crippen LogP contribution is -2.29. The summed E-state index contributed by atoms with van der Waals surface area (Å²) in [5.41, 5.74) is 2.63. The second kappa shape index (κ2) is 9.22. The van der Waals surface area contributed by atoms with E-state index in [0.717, 1.165) is 13.1 Å². The van der Waals surface area contributed by atoms with Crippen LogP contribution in [-0.2, 0) is 0 Å². The summed E-state index contributed by atoms with van der Waals surface area (Å²) in [7, 11) is 0. The van der Waals surface area contributed by atoms with Gasteiger partial charge in [-0.3, -0.25) is 4.90 Å². The Morgan fingerprint density at radius 1 is 0.818 bits per heavy atom. The Morgan fingerprint density at radius 3 is 1.91 bits per heavy atom. The third-order valence-electron chi connectivity index (χ3n) is 3.83. The smallest absolute Gasteiger partial charge is 0.0534 e. The number of benzene rings is 2. The molecule has 2 rings (SSSR count). The first-order valence-electron chi connectivity index (χ1n) is 8.37. The standard InChI is InChI=1S/C21H27N/c1-3-17-22(18-4-2)21(20-13-9-6-10-14-20)16-15-19-11-7-5-8-12-19/h5-16,21H,3-4,17-18H2,1-2H3/b16-15+/t21-/m0/s1. The average Bonchev–Trinajstić information content (AvgIpc) is 2.57. The highest BCUT2D eigenvalue weighted by Crippen LogP contribution is 2.24. The summed E-state index contributed by atoms with van der Waals surface area (Å²) in [4.78, 5) is 2.58. The van der Waals surface area contributed by atoms with Gasteiger partial charge in [0.05, 0.1) is 6.04 Å². The molecule has 1 nitrogen and oxygen atoms in total. The molecule has 1 atom stereocenters. The second-order valence-electron chi connectivity index (χ2n) is 5.66. The van der Waals surface area contributed by atoms with Crippen molar-refractivity contribution in [3.05, 3.63) is 77.9 Å². The molecule has 2 aromatic rings. The first-order chi connectivity index (χ1) is 10.8. The lowest BCUT2D eigenvalue weighted by molar-refractivity contribution is 0.232. The van der Waals surface area contributed by atoms with Crippen molar-refractivity contribution in [1.82, 2.24) is 4.90 Å². The SMILES string of the molecule is CCCN(CCC)[C@@H](/C=C/c1ccccc1)c1ccccc1. The second-order valence-corrected chi connectivity index (χ2v) is 5.66. The van der Waals surface area contributed by atoms with E-state index in [1.165, 1.54) is 24.0 Å².